The molecular formula is C20H25BrN2O5. The first kappa shape index (κ1) is 20.0. The average molecular weight is 453 g/mol. The molecule has 6 atom stereocenters. The standard InChI is InChI=1S/C20H25BrN2O5/c1-2-3-17-26-10-16-20(28-17)19(25)18(24)15(27-16)9-13-8-14(23-22-13)11-4-6-12(21)7-5-11/h4-8,15-20,24-25H,2-3,9-10H2,1H3,(H,22,23)/t15-,16+,17?,18-,19+,20+/m0/s1. The second-order valence-electron chi connectivity index (χ2n) is 7.34. The maximum atomic E-state index is 10.6. The van der Waals surface area contributed by atoms with Gasteiger partial charge in [-0.2, -0.15) is 5.10 Å². The number of aromatic nitrogens is 2. The first-order valence-electron chi connectivity index (χ1n) is 9.64. The Hall–Kier alpha value is -1.29. The van der Waals surface area contributed by atoms with E-state index < -0.39 is 30.5 Å². The van der Waals surface area contributed by atoms with Crippen molar-refractivity contribution in [2.24, 2.45) is 0 Å². The summed E-state index contributed by atoms with van der Waals surface area (Å²) in [6.45, 7) is 2.40. The molecule has 0 saturated carbocycles. The number of aliphatic hydroxyl groups is 2. The van der Waals surface area contributed by atoms with Gasteiger partial charge in [-0.05, 0) is 24.6 Å². The third kappa shape index (κ3) is 4.17. The molecular weight excluding hydrogens is 428 g/mol. The molecule has 28 heavy (non-hydrogen) atoms. The molecule has 0 amide bonds. The number of nitrogens with one attached hydrogen (secondary N) is 1. The highest BCUT2D eigenvalue weighted by atomic mass is 79.9. The van der Waals surface area contributed by atoms with Crippen LogP contribution >= 0.6 is 15.9 Å². The third-order valence-corrected chi connectivity index (χ3v) is 5.78. The summed E-state index contributed by atoms with van der Waals surface area (Å²) in [6.07, 6.45) is -1.86. The van der Waals surface area contributed by atoms with E-state index in [0.29, 0.717) is 13.0 Å². The molecule has 1 aromatic carbocycles. The number of benzene rings is 1. The van der Waals surface area contributed by atoms with Gasteiger partial charge in [0.25, 0.3) is 0 Å². The maximum Gasteiger partial charge on any atom is 0.158 e. The molecule has 0 spiro atoms. The number of ether oxygens (including phenoxy) is 3. The molecule has 2 aromatic rings. The van der Waals surface area contributed by atoms with Crippen LogP contribution in [0.25, 0.3) is 11.3 Å². The van der Waals surface area contributed by atoms with Crippen molar-refractivity contribution in [2.45, 2.75) is 63.0 Å². The summed E-state index contributed by atoms with van der Waals surface area (Å²) in [6, 6.07) is 9.82. The highest BCUT2D eigenvalue weighted by molar-refractivity contribution is 9.10. The minimum atomic E-state index is -1.04. The Balaban J connectivity index is 1.42. The number of hydrogen-bond acceptors (Lipinski definition) is 6. The van der Waals surface area contributed by atoms with Crippen LogP contribution in [0, 0.1) is 0 Å². The van der Waals surface area contributed by atoms with Crippen molar-refractivity contribution in [1.82, 2.24) is 10.2 Å². The van der Waals surface area contributed by atoms with E-state index in [2.05, 4.69) is 26.1 Å². The molecule has 2 fully saturated rings. The fraction of sp³-hybridized carbons (Fsp3) is 0.550. The Labute approximate surface area is 172 Å². The average Bonchev–Trinajstić information content (AvgIpc) is 3.16. The van der Waals surface area contributed by atoms with Crippen LogP contribution in [0.4, 0.5) is 0 Å². The van der Waals surface area contributed by atoms with Crippen molar-refractivity contribution in [3.05, 3.63) is 40.5 Å². The molecule has 8 heteroatoms. The van der Waals surface area contributed by atoms with Crippen molar-refractivity contribution in [2.75, 3.05) is 6.61 Å². The number of H-pyrrole nitrogens is 1. The predicted molar refractivity (Wildman–Crippen MR) is 106 cm³/mol. The van der Waals surface area contributed by atoms with Crippen molar-refractivity contribution in [1.29, 1.82) is 0 Å². The zero-order valence-corrected chi connectivity index (χ0v) is 17.2. The second-order valence-corrected chi connectivity index (χ2v) is 8.25. The number of fused-ring (bicyclic) bond motifs is 1. The molecule has 1 unspecified atom stereocenters. The van der Waals surface area contributed by atoms with Crippen LogP contribution in [0.2, 0.25) is 0 Å². The number of halogens is 1. The topological polar surface area (TPSA) is 96.8 Å². The van der Waals surface area contributed by atoms with Crippen LogP contribution < -0.4 is 0 Å². The Morgan fingerprint density at radius 1 is 1.18 bits per heavy atom. The smallest absolute Gasteiger partial charge is 0.158 e. The molecule has 2 aliphatic rings. The van der Waals surface area contributed by atoms with E-state index in [-0.39, 0.29) is 6.29 Å². The molecule has 7 nitrogen and oxygen atoms in total. The lowest BCUT2D eigenvalue weighted by Gasteiger charge is -2.46. The molecule has 152 valence electrons. The minimum absolute atomic E-state index is 0.350. The van der Waals surface area contributed by atoms with Gasteiger partial charge in [0, 0.05) is 22.2 Å². The molecule has 1 aromatic heterocycles. The molecule has 4 rings (SSSR count). The Morgan fingerprint density at radius 3 is 2.71 bits per heavy atom. The summed E-state index contributed by atoms with van der Waals surface area (Å²) in [5.41, 5.74) is 2.64. The van der Waals surface area contributed by atoms with Crippen LogP contribution in [-0.4, -0.2) is 63.8 Å². The number of rotatable bonds is 5. The van der Waals surface area contributed by atoms with Crippen LogP contribution in [0.15, 0.2) is 34.8 Å². The first-order chi connectivity index (χ1) is 13.5. The summed E-state index contributed by atoms with van der Waals surface area (Å²) in [5.74, 6) is 0. The lowest BCUT2D eigenvalue weighted by Crippen LogP contribution is -2.63. The normalized spacial score (nSPS) is 32.9. The number of hydrogen-bond donors (Lipinski definition) is 3. The van der Waals surface area contributed by atoms with E-state index in [1.807, 2.05) is 37.3 Å². The van der Waals surface area contributed by atoms with E-state index >= 15 is 0 Å². The Morgan fingerprint density at radius 2 is 1.96 bits per heavy atom. The largest absolute Gasteiger partial charge is 0.388 e. The lowest BCUT2D eigenvalue weighted by molar-refractivity contribution is -0.325. The van der Waals surface area contributed by atoms with Gasteiger partial charge in [-0.15, -0.1) is 0 Å². The van der Waals surface area contributed by atoms with Gasteiger partial charge >= 0.3 is 0 Å². The van der Waals surface area contributed by atoms with Gasteiger partial charge in [0.1, 0.15) is 24.4 Å². The van der Waals surface area contributed by atoms with E-state index in [4.69, 9.17) is 14.2 Å². The SMILES string of the molecule is CCCC1OC[C@H]2O[C@@H](Cc3cc(-c4ccc(Br)cc4)n[nH]3)[C@H](O)[C@@H](O)[C@@H]2O1. The first-order valence-corrected chi connectivity index (χ1v) is 10.4. The van der Waals surface area contributed by atoms with Crippen LogP contribution in [0.3, 0.4) is 0 Å². The summed E-state index contributed by atoms with van der Waals surface area (Å²) in [5, 5.41) is 28.5. The van der Waals surface area contributed by atoms with E-state index in [9.17, 15) is 10.2 Å². The molecule has 2 aliphatic heterocycles. The quantitative estimate of drug-likeness (QED) is 0.644. The van der Waals surface area contributed by atoms with Gasteiger partial charge in [-0.3, -0.25) is 5.10 Å². The van der Waals surface area contributed by atoms with Crippen LogP contribution in [0.5, 0.6) is 0 Å². The maximum absolute atomic E-state index is 10.6. The van der Waals surface area contributed by atoms with Crippen LogP contribution in [-0.2, 0) is 20.6 Å². The minimum Gasteiger partial charge on any atom is -0.388 e. The second kappa shape index (κ2) is 8.61. The van der Waals surface area contributed by atoms with Crippen molar-refractivity contribution >= 4 is 15.9 Å². The highest BCUT2D eigenvalue weighted by Crippen LogP contribution is 2.31. The summed E-state index contributed by atoms with van der Waals surface area (Å²) in [7, 11) is 0. The number of nitrogens with zero attached hydrogens (tertiary/aromatic N) is 1. The van der Waals surface area contributed by atoms with Crippen LogP contribution in [0.1, 0.15) is 25.5 Å². The highest BCUT2D eigenvalue weighted by Gasteiger charge is 2.48. The van der Waals surface area contributed by atoms with E-state index in [0.717, 1.165) is 34.3 Å². The lowest BCUT2D eigenvalue weighted by atomic mass is 9.92. The zero-order chi connectivity index (χ0) is 19.7. The summed E-state index contributed by atoms with van der Waals surface area (Å²) >= 11 is 3.42. The monoisotopic (exact) mass is 452 g/mol. The van der Waals surface area contributed by atoms with Crippen molar-refractivity contribution in [3.63, 3.8) is 0 Å². The Kier molecular flexibility index (Phi) is 6.15. The summed E-state index contributed by atoms with van der Waals surface area (Å²) < 4.78 is 18.5. The van der Waals surface area contributed by atoms with Gasteiger partial charge in [0.2, 0.25) is 0 Å². The van der Waals surface area contributed by atoms with Gasteiger partial charge in [-0.1, -0.05) is 41.4 Å². The fourth-order valence-electron chi connectivity index (χ4n) is 3.74. The van der Waals surface area contributed by atoms with E-state index in [1.54, 1.807) is 0 Å². The van der Waals surface area contributed by atoms with Gasteiger partial charge in [-0.25, -0.2) is 0 Å². The molecule has 2 saturated heterocycles. The predicted octanol–water partition coefficient (Wildman–Crippen LogP) is 2.41. The zero-order valence-electron chi connectivity index (χ0n) is 15.6. The number of aromatic amines is 1. The number of aliphatic hydroxyl groups excluding tert-OH is 2. The Bertz CT molecular complexity index is 781. The van der Waals surface area contributed by atoms with Gasteiger partial charge in [0.15, 0.2) is 6.29 Å². The molecule has 0 radical (unpaired) electrons. The van der Waals surface area contributed by atoms with Gasteiger partial charge < -0.3 is 24.4 Å². The third-order valence-electron chi connectivity index (χ3n) is 5.26. The van der Waals surface area contributed by atoms with Crippen molar-refractivity contribution < 1.29 is 24.4 Å². The van der Waals surface area contributed by atoms with Gasteiger partial charge in [0.05, 0.1) is 18.4 Å². The van der Waals surface area contributed by atoms with Crippen molar-refractivity contribution in [3.8, 4) is 11.3 Å². The van der Waals surface area contributed by atoms with E-state index in [1.165, 1.54) is 0 Å². The molecule has 3 N–H and O–H groups in total. The molecule has 0 bridgehead atoms. The summed E-state index contributed by atoms with van der Waals surface area (Å²) in [4.78, 5) is 0. The fourth-order valence-corrected chi connectivity index (χ4v) is 4.01. The molecule has 0 aliphatic carbocycles. The molecule has 3 heterocycles.